The smallest absolute Gasteiger partial charge is 0.317 e. The molecule has 1 aromatic carbocycles. The second-order valence-corrected chi connectivity index (χ2v) is 4.28. The lowest BCUT2D eigenvalue weighted by molar-refractivity contribution is -0.138. The van der Waals surface area contributed by atoms with Crippen molar-refractivity contribution in [2.24, 2.45) is 0 Å². The van der Waals surface area contributed by atoms with Gasteiger partial charge in [0.1, 0.15) is 0 Å². The third-order valence-electron chi connectivity index (χ3n) is 2.21. The Hall–Kier alpha value is -0.770. The molecule has 0 aromatic heterocycles. The van der Waals surface area contributed by atoms with Crippen LogP contribution >= 0.6 is 23.2 Å². The summed E-state index contributed by atoms with van der Waals surface area (Å²) in [5, 5.41) is 9.92. The summed E-state index contributed by atoms with van der Waals surface area (Å²) < 4.78 is 0. The second kappa shape index (κ2) is 6.09. The Labute approximate surface area is 105 Å². The SMILES string of the molecule is CCN(CC(=O)O)Cc1cc(Cl)ccc1Cl. The number of hydrogen-bond acceptors (Lipinski definition) is 2. The summed E-state index contributed by atoms with van der Waals surface area (Å²) in [6, 6.07) is 5.18. The highest BCUT2D eigenvalue weighted by Crippen LogP contribution is 2.21. The highest BCUT2D eigenvalue weighted by molar-refractivity contribution is 6.33. The number of benzene rings is 1. The minimum atomic E-state index is -0.847. The van der Waals surface area contributed by atoms with Gasteiger partial charge in [0.05, 0.1) is 6.54 Å². The van der Waals surface area contributed by atoms with Crippen molar-refractivity contribution in [1.29, 1.82) is 0 Å². The minimum Gasteiger partial charge on any atom is -0.480 e. The normalized spacial score (nSPS) is 10.8. The largest absolute Gasteiger partial charge is 0.480 e. The monoisotopic (exact) mass is 261 g/mol. The number of carboxylic acid groups (broad SMARTS) is 1. The Morgan fingerprint density at radius 2 is 2.12 bits per heavy atom. The Bertz CT molecular complexity index is 382. The van der Waals surface area contributed by atoms with Crippen LogP contribution in [0.1, 0.15) is 12.5 Å². The molecule has 0 unspecified atom stereocenters. The van der Waals surface area contributed by atoms with E-state index in [4.69, 9.17) is 28.3 Å². The minimum absolute atomic E-state index is 0.000653. The maximum Gasteiger partial charge on any atom is 0.317 e. The molecule has 0 aliphatic carbocycles. The van der Waals surface area contributed by atoms with Gasteiger partial charge < -0.3 is 5.11 Å². The predicted molar refractivity (Wildman–Crippen MR) is 65.0 cm³/mol. The van der Waals surface area contributed by atoms with Gasteiger partial charge in [0.2, 0.25) is 0 Å². The van der Waals surface area contributed by atoms with Crippen LogP contribution in [0.5, 0.6) is 0 Å². The van der Waals surface area contributed by atoms with E-state index in [0.29, 0.717) is 23.1 Å². The highest BCUT2D eigenvalue weighted by Gasteiger charge is 2.10. The third-order valence-corrected chi connectivity index (χ3v) is 2.81. The van der Waals surface area contributed by atoms with E-state index in [1.54, 1.807) is 23.1 Å². The van der Waals surface area contributed by atoms with Crippen LogP contribution in [0.25, 0.3) is 0 Å². The van der Waals surface area contributed by atoms with E-state index in [2.05, 4.69) is 0 Å². The average Bonchev–Trinajstić information content (AvgIpc) is 2.21. The van der Waals surface area contributed by atoms with Crippen LogP contribution in [0.2, 0.25) is 10.0 Å². The van der Waals surface area contributed by atoms with Gasteiger partial charge in [0, 0.05) is 16.6 Å². The number of aliphatic carboxylic acids is 1. The molecular weight excluding hydrogens is 249 g/mol. The molecule has 0 radical (unpaired) electrons. The topological polar surface area (TPSA) is 40.5 Å². The summed E-state index contributed by atoms with van der Waals surface area (Å²) in [7, 11) is 0. The van der Waals surface area contributed by atoms with Gasteiger partial charge in [-0.3, -0.25) is 9.69 Å². The van der Waals surface area contributed by atoms with Crippen molar-refractivity contribution in [3.63, 3.8) is 0 Å². The molecule has 0 heterocycles. The molecular formula is C11H13Cl2NO2. The molecule has 3 nitrogen and oxygen atoms in total. The summed E-state index contributed by atoms with van der Waals surface area (Å²) in [6.45, 7) is 3.04. The maximum absolute atomic E-state index is 10.6. The van der Waals surface area contributed by atoms with Crippen molar-refractivity contribution in [2.75, 3.05) is 13.1 Å². The first-order chi connectivity index (χ1) is 7.52. The molecule has 0 saturated carbocycles. The highest BCUT2D eigenvalue weighted by atomic mass is 35.5. The molecule has 0 aliphatic heterocycles. The number of rotatable bonds is 5. The standard InChI is InChI=1S/C11H13Cl2NO2/c1-2-14(7-11(15)16)6-8-5-9(12)3-4-10(8)13/h3-5H,2,6-7H2,1H3,(H,15,16). The van der Waals surface area contributed by atoms with E-state index in [0.717, 1.165) is 5.56 Å². The Morgan fingerprint density at radius 1 is 1.44 bits per heavy atom. The first-order valence-corrected chi connectivity index (χ1v) is 5.66. The lowest BCUT2D eigenvalue weighted by atomic mass is 10.2. The van der Waals surface area contributed by atoms with Gasteiger partial charge in [0.25, 0.3) is 0 Å². The van der Waals surface area contributed by atoms with Crippen molar-refractivity contribution >= 4 is 29.2 Å². The zero-order valence-corrected chi connectivity index (χ0v) is 10.4. The first-order valence-electron chi connectivity index (χ1n) is 4.91. The molecule has 1 rings (SSSR count). The van der Waals surface area contributed by atoms with Gasteiger partial charge in [0.15, 0.2) is 0 Å². The second-order valence-electron chi connectivity index (χ2n) is 3.43. The number of hydrogen-bond donors (Lipinski definition) is 1. The lowest BCUT2D eigenvalue weighted by Gasteiger charge is -2.18. The van der Waals surface area contributed by atoms with Gasteiger partial charge >= 0.3 is 5.97 Å². The molecule has 5 heteroatoms. The molecule has 1 aromatic rings. The van der Waals surface area contributed by atoms with Crippen molar-refractivity contribution in [1.82, 2.24) is 4.90 Å². The maximum atomic E-state index is 10.6. The van der Waals surface area contributed by atoms with Gasteiger partial charge in [-0.15, -0.1) is 0 Å². The van der Waals surface area contributed by atoms with Gasteiger partial charge in [-0.25, -0.2) is 0 Å². The van der Waals surface area contributed by atoms with Crippen LogP contribution in [-0.2, 0) is 11.3 Å². The van der Waals surface area contributed by atoms with E-state index in [1.807, 2.05) is 6.92 Å². The fourth-order valence-corrected chi connectivity index (χ4v) is 1.75. The van der Waals surface area contributed by atoms with Crippen LogP contribution in [-0.4, -0.2) is 29.1 Å². The molecule has 0 amide bonds. The molecule has 0 bridgehead atoms. The van der Waals surface area contributed by atoms with Crippen molar-refractivity contribution in [3.05, 3.63) is 33.8 Å². The van der Waals surface area contributed by atoms with Crippen LogP contribution < -0.4 is 0 Å². The molecule has 0 saturated heterocycles. The number of halogens is 2. The Kier molecular flexibility index (Phi) is 5.06. The zero-order valence-electron chi connectivity index (χ0n) is 8.91. The first kappa shape index (κ1) is 13.3. The van der Waals surface area contributed by atoms with Crippen molar-refractivity contribution < 1.29 is 9.90 Å². The van der Waals surface area contributed by atoms with E-state index in [9.17, 15) is 4.79 Å². The third kappa shape index (κ3) is 4.00. The molecule has 0 spiro atoms. The fourth-order valence-electron chi connectivity index (χ4n) is 1.38. The fraction of sp³-hybridized carbons (Fsp3) is 0.364. The molecule has 16 heavy (non-hydrogen) atoms. The number of carbonyl (C=O) groups is 1. The predicted octanol–water partition coefficient (Wildman–Crippen LogP) is 2.90. The molecule has 1 N–H and O–H groups in total. The summed E-state index contributed by atoms with van der Waals surface area (Å²) in [5.41, 5.74) is 0.845. The molecule has 0 atom stereocenters. The van der Waals surface area contributed by atoms with E-state index in [1.165, 1.54) is 0 Å². The summed E-state index contributed by atoms with van der Waals surface area (Å²) in [4.78, 5) is 12.4. The van der Waals surface area contributed by atoms with Gasteiger partial charge in [-0.05, 0) is 30.3 Å². The van der Waals surface area contributed by atoms with E-state index < -0.39 is 5.97 Å². The number of carboxylic acids is 1. The lowest BCUT2D eigenvalue weighted by Crippen LogP contribution is -2.29. The van der Waals surface area contributed by atoms with Crippen molar-refractivity contribution in [3.8, 4) is 0 Å². The van der Waals surface area contributed by atoms with Gasteiger partial charge in [-0.2, -0.15) is 0 Å². The molecule has 88 valence electrons. The summed E-state index contributed by atoms with van der Waals surface area (Å²) in [5.74, 6) is -0.847. The quantitative estimate of drug-likeness (QED) is 0.886. The van der Waals surface area contributed by atoms with Crippen LogP contribution in [0, 0.1) is 0 Å². The number of likely N-dealkylation sites (N-methyl/N-ethyl adjacent to an activating group) is 1. The van der Waals surface area contributed by atoms with Crippen LogP contribution in [0.4, 0.5) is 0 Å². The zero-order chi connectivity index (χ0) is 12.1. The van der Waals surface area contributed by atoms with Crippen LogP contribution in [0.3, 0.4) is 0 Å². The number of nitrogens with zero attached hydrogens (tertiary/aromatic N) is 1. The average molecular weight is 262 g/mol. The Balaban J connectivity index is 2.77. The summed E-state index contributed by atoms with van der Waals surface area (Å²) >= 11 is 11.9. The Morgan fingerprint density at radius 3 is 2.69 bits per heavy atom. The van der Waals surface area contributed by atoms with E-state index >= 15 is 0 Å². The summed E-state index contributed by atoms with van der Waals surface area (Å²) in [6.07, 6.45) is 0. The van der Waals surface area contributed by atoms with Crippen molar-refractivity contribution in [2.45, 2.75) is 13.5 Å². The molecule has 0 fully saturated rings. The molecule has 0 aliphatic rings. The van der Waals surface area contributed by atoms with Crippen LogP contribution in [0.15, 0.2) is 18.2 Å². The van der Waals surface area contributed by atoms with E-state index in [-0.39, 0.29) is 6.54 Å². The van der Waals surface area contributed by atoms with Gasteiger partial charge in [-0.1, -0.05) is 30.1 Å².